The Morgan fingerprint density at radius 2 is 1.93 bits per heavy atom. The fourth-order valence-electron chi connectivity index (χ4n) is 2.89. The standard InChI is InChI=1S/C19H25N7O2/c1-12(2)11-26-15-16(25(5)19(28)22-17(15)27)21-18(26)23-20-10-13-6-8-14(9-7-13)24(3)4/h6-10,12H,11H2,1-5H3,(H,21,23)(H,22,27,28)/b20-10-. The molecule has 0 bridgehead atoms. The van der Waals surface area contributed by atoms with Gasteiger partial charge in [0.05, 0.1) is 6.21 Å². The molecular formula is C19H25N7O2. The molecule has 0 aliphatic carbocycles. The van der Waals surface area contributed by atoms with Crippen LogP contribution >= 0.6 is 0 Å². The predicted molar refractivity (Wildman–Crippen MR) is 112 cm³/mol. The lowest BCUT2D eigenvalue weighted by Gasteiger charge is -2.11. The molecule has 0 aliphatic heterocycles. The van der Waals surface area contributed by atoms with Crippen LogP contribution in [-0.2, 0) is 13.6 Å². The molecule has 0 saturated carbocycles. The lowest BCUT2D eigenvalue weighted by molar-refractivity contribution is 0.535. The van der Waals surface area contributed by atoms with Crippen LogP contribution in [0.2, 0.25) is 0 Å². The van der Waals surface area contributed by atoms with Gasteiger partial charge in [0.15, 0.2) is 11.2 Å². The minimum Gasteiger partial charge on any atom is -0.378 e. The molecule has 3 aromatic rings. The van der Waals surface area contributed by atoms with E-state index in [1.165, 1.54) is 4.57 Å². The molecule has 28 heavy (non-hydrogen) atoms. The van der Waals surface area contributed by atoms with E-state index < -0.39 is 11.2 Å². The van der Waals surface area contributed by atoms with E-state index >= 15 is 0 Å². The Bertz CT molecular complexity index is 1120. The van der Waals surface area contributed by atoms with E-state index in [1.54, 1.807) is 17.8 Å². The summed E-state index contributed by atoms with van der Waals surface area (Å²) in [7, 11) is 5.55. The average Bonchev–Trinajstić information content (AvgIpc) is 2.98. The monoisotopic (exact) mass is 383 g/mol. The summed E-state index contributed by atoms with van der Waals surface area (Å²) < 4.78 is 3.08. The van der Waals surface area contributed by atoms with Crippen LogP contribution in [0.4, 0.5) is 11.6 Å². The summed E-state index contributed by atoms with van der Waals surface area (Å²) in [4.78, 5) is 33.0. The lowest BCUT2D eigenvalue weighted by Crippen LogP contribution is -2.29. The smallest absolute Gasteiger partial charge is 0.329 e. The van der Waals surface area contributed by atoms with Crippen molar-refractivity contribution in [2.45, 2.75) is 20.4 Å². The number of anilines is 2. The lowest BCUT2D eigenvalue weighted by atomic mass is 10.2. The first-order valence-corrected chi connectivity index (χ1v) is 9.04. The second kappa shape index (κ2) is 7.71. The van der Waals surface area contributed by atoms with Gasteiger partial charge < -0.3 is 9.47 Å². The second-order valence-corrected chi connectivity index (χ2v) is 7.29. The van der Waals surface area contributed by atoms with Crippen molar-refractivity contribution in [2.75, 3.05) is 24.4 Å². The van der Waals surface area contributed by atoms with E-state index in [0.29, 0.717) is 23.7 Å². The van der Waals surface area contributed by atoms with E-state index in [9.17, 15) is 9.59 Å². The van der Waals surface area contributed by atoms with Gasteiger partial charge >= 0.3 is 5.69 Å². The van der Waals surface area contributed by atoms with Gasteiger partial charge in [0.2, 0.25) is 5.95 Å². The number of aryl methyl sites for hydroxylation is 1. The number of aromatic nitrogens is 4. The normalized spacial score (nSPS) is 11.6. The number of rotatable bonds is 6. The Kier molecular flexibility index (Phi) is 5.34. The van der Waals surface area contributed by atoms with Crippen LogP contribution in [0, 0.1) is 5.92 Å². The van der Waals surface area contributed by atoms with Crippen molar-refractivity contribution in [2.24, 2.45) is 18.1 Å². The number of hydrogen-bond acceptors (Lipinski definition) is 6. The highest BCUT2D eigenvalue weighted by Gasteiger charge is 2.17. The van der Waals surface area contributed by atoms with Crippen molar-refractivity contribution in [1.82, 2.24) is 19.1 Å². The first-order valence-electron chi connectivity index (χ1n) is 9.04. The first-order chi connectivity index (χ1) is 13.3. The van der Waals surface area contributed by atoms with Crippen molar-refractivity contribution in [3.05, 3.63) is 50.7 Å². The fraction of sp³-hybridized carbons (Fsp3) is 0.368. The molecule has 0 spiro atoms. The van der Waals surface area contributed by atoms with Crippen molar-refractivity contribution in [3.63, 3.8) is 0 Å². The maximum atomic E-state index is 12.3. The van der Waals surface area contributed by atoms with Gasteiger partial charge in [-0.2, -0.15) is 10.1 Å². The maximum absolute atomic E-state index is 12.3. The van der Waals surface area contributed by atoms with Gasteiger partial charge in [-0.15, -0.1) is 0 Å². The van der Waals surface area contributed by atoms with E-state index in [4.69, 9.17) is 0 Å². The second-order valence-electron chi connectivity index (χ2n) is 7.29. The van der Waals surface area contributed by atoms with Crippen LogP contribution < -0.4 is 21.6 Å². The predicted octanol–water partition coefficient (Wildman–Crippen LogP) is 1.59. The molecule has 2 heterocycles. The number of benzene rings is 1. The molecule has 0 aliphatic rings. The zero-order valence-corrected chi connectivity index (χ0v) is 16.7. The quantitative estimate of drug-likeness (QED) is 0.497. The molecule has 3 rings (SSSR count). The van der Waals surface area contributed by atoms with Gasteiger partial charge in [-0.05, 0) is 23.6 Å². The number of nitrogens with one attached hydrogen (secondary N) is 2. The van der Waals surface area contributed by atoms with Crippen LogP contribution in [-0.4, -0.2) is 39.4 Å². The minimum absolute atomic E-state index is 0.275. The molecule has 0 radical (unpaired) electrons. The summed E-state index contributed by atoms with van der Waals surface area (Å²) in [6.45, 7) is 4.65. The Balaban J connectivity index is 1.95. The van der Waals surface area contributed by atoms with Crippen LogP contribution in [0.25, 0.3) is 11.2 Å². The Morgan fingerprint density at radius 3 is 2.54 bits per heavy atom. The molecule has 0 unspecified atom stereocenters. The molecule has 2 N–H and O–H groups in total. The number of H-pyrrole nitrogens is 1. The maximum Gasteiger partial charge on any atom is 0.329 e. The highest BCUT2D eigenvalue weighted by molar-refractivity contribution is 5.81. The van der Waals surface area contributed by atoms with Crippen LogP contribution in [0.3, 0.4) is 0 Å². The van der Waals surface area contributed by atoms with Crippen LogP contribution in [0.15, 0.2) is 39.0 Å². The topological polar surface area (TPSA) is 100 Å². The number of fused-ring (bicyclic) bond motifs is 1. The number of aromatic amines is 1. The Labute approximate surface area is 162 Å². The summed E-state index contributed by atoms with van der Waals surface area (Å²) in [5.74, 6) is 0.689. The molecule has 148 valence electrons. The van der Waals surface area contributed by atoms with Gasteiger partial charge in [0, 0.05) is 33.4 Å². The largest absolute Gasteiger partial charge is 0.378 e. The summed E-state index contributed by atoms with van der Waals surface area (Å²) >= 11 is 0. The van der Waals surface area contributed by atoms with E-state index in [1.807, 2.05) is 57.1 Å². The molecule has 9 nitrogen and oxygen atoms in total. The van der Waals surface area contributed by atoms with E-state index in [-0.39, 0.29) is 5.92 Å². The minimum atomic E-state index is -0.497. The van der Waals surface area contributed by atoms with Gasteiger partial charge in [0.25, 0.3) is 5.56 Å². The van der Waals surface area contributed by atoms with Gasteiger partial charge in [-0.3, -0.25) is 14.3 Å². The summed E-state index contributed by atoms with van der Waals surface area (Å²) in [6.07, 6.45) is 1.68. The molecule has 2 aromatic heterocycles. The number of hydrazone groups is 1. The van der Waals surface area contributed by atoms with Crippen molar-refractivity contribution >= 4 is 29.0 Å². The van der Waals surface area contributed by atoms with E-state index in [0.717, 1.165) is 11.3 Å². The molecular weight excluding hydrogens is 358 g/mol. The molecule has 1 aromatic carbocycles. The number of nitrogens with zero attached hydrogens (tertiary/aromatic N) is 5. The van der Waals surface area contributed by atoms with Crippen LogP contribution in [0.1, 0.15) is 19.4 Å². The third-order valence-electron chi connectivity index (χ3n) is 4.34. The van der Waals surface area contributed by atoms with Gasteiger partial charge in [-0.1, -0.05) is 26.0 Å². The highest BCUT2D eigenvalue weighted by atomic mass is 16.2. The zero-order chi connectivity index (χ0) is 20.4. The van der Waals surface area contributed by atoms with Gasteiger partial charge in [-0.25, -0.2) is 10.2 Å². The number of imidazole rings is 1. The number of hydrogen-bond donors (Lipinski definition) is 2. The Hall–Kier alpha value is -3.36. The van der Waals surface area contributed by atoms with Crippen molar-refractivity contribution < 1.29 is 0 Å². The molecule has 0 saturated heterocycles. The fourth-order valence-corrected chi connectivity index (χ4v) is 2.89. The van der Waals surface area contributed by atoms with Crippen molar-refractivity contribution in [1.29, 1.82) is 0 Å². The molecule has 0 amide bonds. The van der Waals surface area contributed by atoms with Crippen LogP contribution in [0.5, 0.6) is 0 Å². The highest BCUT2D eigenvalue weighted by Crippen LogP contribution is 2.17. The van der Waals surface area contributed by atoms with Gasteiger partial charge in [0.1, 0.15) is 0 Å². The zero-order valence-electron chi connectivity index (χ0n) is 16.7. The first kappa shape index (κ1) is 19.4. The van der Waals surface area contributed by atoms with E-state index in [2.05, 4.69) is 20.5 Å². The Morgan fingerprint density at radius 1 is 1.25 bits per heavy atom. The summed E-state index contributed by atoms with van der Waals surface area (Å²) in [5, 5.41) is 4.26. The van der Waals surface area contributed by atoms with Crippen molar-refractivity contribution in [3.8, 4) is 0 Å². The molecule has 9 heteroatoms. The summed E-state index contributed by atoms with van der Waals surface area (Å²) in [5.41, 5.74) is 4.66. The third kappa shape index (κ3) is 3.83. The molecule has 0 fully saturated rings. The average molecular weight is 383 g/mol. The SMILES string of the molecule is CC(C)Cn1c(N/N=C\c2ccc(N(C)C)cc2)nc2c1c(=O)[nH]c(=O)n2C. The molecule has 0 atom stereocenters. The third-order valence-corrected chi connectivity index (χ3v) is 4.34. The summed E-state index contributed by atoms with van der Waals surface area (Å²) in [6, 6.07) is 7.94.